The number of halogens is 1. The number of hydrogen-bond donors (Lipinski definition) is 1. The summed E-state index contributed by atoms with van der Waals surface area (Å²) in [7, 11) is 0. The summed E-state index contributed by atoms with van der Waals surface area (Å²) in [5.74, 6) is 0.550. The zero-order chi connectivity index (χ0) is 14.1. The lowest BCUT2D eigenvalue weighted by Gasteiger charge is -2.07. The summed E-state index contributed by atoms with van der Waals surface area (Å²) < 4.78 is 5.67. The molecule has 3 heteroatoms. The number of aliphatic hydroxyl groups excluding tert-OH is 1. The van der Waals surface area contributed by atoms with Crippen molar-refractivity contribution in [1.82, 2.24) is 0 Å². The molecule has 1 aromatic heterocycles. The van der Waals surface area contributed by atoms with Crippen molar-refractivity contribution >= 4 is 22.6 Å². The monoisotopic (exact) mass is 286 g/mol. The molecule has 0 saturated carbocycles. The summed E-state index contributed by atoms with van der Waals surface area (Å²) in [5.41, 5.74) is 2.92. The minimum atomic E-state index is -0.666. The third kappa shape index (κ3) is 2.58. The topological polar surface area (TPSA) is 33.4 Å². The third-order valence-electron chi connectivity index (χ3n) is 3.39. The number of aliphatic hydroxyl groups is 1. The molecule has 1 heterocycles. The van der Waals surface area contributed by atoms with Gasteiger partial charge in [-0.3, -0.25) is 0 Å². The molecule has 102 valence electrons. The van der Waals surface area contributed by atoms with Crippen molar-refractivity contribution in [3.8, 4) is 0 Å². The standard InChI is InChI=1S/C17H15ClO2/c1-11-5-7-12(8-6-11)9-15(19)16-10-13-3-2-4-14(18)17(13)20-16/h2-8,10,15,19H,9H2,1H3. The van der Waals surface area contributed by atoms with Crippen molar-refractivity contribution < 1.29 is 9.52 Å². The summed E-state index contributed by atoms with van der Waals surface area (Å²) in [5, 5.41) is 11.8. The largest absolute Gasteiger partial charge is 0.457 e. The van der Waals surface area contributed by atoms with Gasteiger partial charge in [0.15, 0.2) is 5.58 Å². The molecule has 0 amide bonds. The quantitative estimate of drug-likeness (QED) is 0.759. The molecule has 2 aromatic carbocycles. The lowest BCUT2D eigenvalue weighted by Crippen LogP contribution is -2.00. The average molecular weight is 287 g/mol. The highest BCUT2D eigenvalue weighted by molar-refractivity contribution is 6.34. The summed E-state index contributed by atoms with van der Waals surface area (Å²) in [6, 6.07) is 15.5. The minimum absolute atomic E-state index is 0.526. The molecule has 0 aliphatic carbocycles. The lowest BCUT2D eigenvalue weighted by molar-refractivity contribution is 0.152. The van der Waals surface area contributed by atoms with Gasteiger partial charge in [-0.15, -0.1) is 0 Å². The van der Waals surface area contributed by atoms with E-state index in [9.17, 15) is 5.11 Å². The Kier molecular flexibility index (Phi) is 3.51. The van der Waals surface area contributed by atoms with Gasteiger partial charge in [0.2, 0.25) is 0 Å². The van der Waals surface area contributed by atoms with Gasteiger partial charge < -0.3 is 9.52 Å². The second-order valence-electron chi connectivity index (χ2n) is 5.01. The smallest absolute Gasteiger partial charge is 0.152 e. The fourth-order valence-corrected chi connectivity index (χ4v) is 2.48. The molecule has 2 nitrogen and oxygen atoms in total. The Labute approximate surface area is 122 Å². The highest BCUT2D eigenvalue weighted by Crippen LogP contribution is 2.30. The normalized spacial score (nSPS) is 12.8. The molecule has 1 N–H and O–H groups in total. The number of para-hydroxylation sites is 1. The van der Waals surface area contributed by atoms with Crippen LogP contribution in [0.5, 0.6) is 0 Å². The van der Waals surface area contributed by atoms with Crippen LogP contribution in [0.15, 0.2) is 52.9 Å². The van der Waals surface area contributed by atoms with Crippen LogP contribution in [0.2, 0.25) is 5.02 Å². The van der Waals surface area contributed by atoms with Gasteiger partial charge in [-0.2, -0.15) is 0 Å². The molecule has 0 aliphatic heterocycles. The maximum Gasteiger partial charge on any atom is 0.152 e. The van der Waals surface area contributed by atoms with E-state index in [1.165, 1.54) is 5.56 Å². The van der Waals surface area contributed by atoms with Crippen LogP contribution < -0.4 is 0 Å². The van der Waals surface area contributed by atoms with Crippen molar-refractivity contribution in [2.24, 2.45) is 0 Å². The highest BCUT2D eigenvalue weighted by Gasteiger charge is 2.15. The molecule has 3 rings (SSSR count). The lowest BCUT2D eigenvalue weighted by atomic mass is 10.0. The number of furan rings is 1. The summed E-state index contributed by atoms with van der Waals surface area (Å²) in [4.78, 5) is 0. The van der Waals surface area contributed by atoms with Crippen molar-refractivity contribution in [2.75, 3.05) is 0 Å². The van der Waals surface area contributed by atoms with Gasteiger partial charge in [-0.25, -0.2) is 0 Å². The van der Waals surface area contributed by atoms with Gasteiger partial charge in [-0.05, 0) is 24.6 Å². The van der Waals surface area contributed by atoms with Crippen molar-refractivity contribution in [3.05, 3.63) is 70.4 Å². The van der Waals surface area contributed by atoms with Crippen LogP contribution in [-0.2, 0) is 6.42 Å². The SMILES string of the molecule is Cc1ccc(CC(O)c2cc3cccc(Cl)c3o2)cc1. The summed E-state index contributed by atoms with van der Waals surface area (Å²) in [6.45, 7) is 2.04. The van der Waals surface area contributed by atoms with E-state index >= 15 is 0 Å². The zero-order valence-electron chi connectivity index (χ0n) is 11.1. The van der Waals surface area contributed by atoms with E-state index in [4.69, 9.17) is 16.0 Å². The first kappa shape index (κ1) is 13.2. The first-order valence-electron chi connectivity index (χ1n) is 6.55. The molecule has 0 fully saturated rings. The van der Waals surface area contributed by atoms with Crippen molar-refractivity contribution in [1.29, 1.82) is 0 Å². The van der Waals surface area contributed by atoms with E-state index in [2.05, 4.69) is 0 Å². The Bertz CT molecular complexity index is 728. The molecular weight excluding hydrogens is 272 g/mol. The van der Waals surface area contributed by atoms with Crippen molar-refractivity contribution in [2.45, 2.75) is 19.4 Å². The van der Waals surface area contributed by atoms with Gasteiger partial charge in [-0.1, -0.05) is 53.6 Å². The maximum absolute atomic E-state index is 10.3. The highest BCUT2D eigenvalue weighted by atomic mass is 35.5. The van der Waals surface area contributed by atoms with E-state index < -0.39 is 6.10 Å². The van der Waals surface area contributed by atoms with E-state index in [0.29, 0.717) is 22.8 Å². The minimum Gasteiger partial charge on any atom is -0.457 e. The van der Waals surface area contributed by atoms with Gasteiger partial charge in [0.05, 0.1) is 5.02 Å². The number of fused-ring (bicyclic) bond motifs is 1. The Balaban J connectivity index is 1.86. The summed E-state index contributed by atoms with van der Waals surface area (Å²) in [6.07, 6.45) is -0.140. The molecule has 20 heavy (non-hydrogen) atoms. The molecular formula is C17H15ClO2. The first-order valence-corrected chi connectivity index (χ1v) is 6.93. The second-order valence-corrected chi connectivity index (χ2v) is 5.42. The zero-order valence-corrected chi connectivity index (χ0v) is 11.9. The van der Waals surface area contributed by atoms with Gasteiger partial charge in [0.25, 0.3) is 0 Å². The van der Waals surface area contributed by atoms with Crippen LogP contribution in [0.25, 0.3) is 11.0 Å². The predicted octanol–water partition coefficient (Wildman–Crippen LogP) is 4.67. The Morgan fingerprint density at radius 3 is 2.60 bits per heavy atom. The molecule has 0 spiro atoms. The molecule has 0 radical (unpaired) electrons. The van der Waals surface area contributed by atoms with Crippen LogP contribution in [0.4, 0.5) is 0 Å². The number of benzene rings is 2. The van der Waals surface area contributed by atoms with E-state index in [1.54, 1.807) is 6.07 Å². The predicted molar refractivity (Wildman–Crippen MR) is 81.1 cm³/mol. The number of aryl methyl sites for hydroxylation is 1. The van der Waals surface area contributed by atoms with Crippen LogP contribution in [0.1, 0.15) is 23.0 Å². The molecule has 3 aromatic rings. The van der Waals surface area contributed by atoms with Crippen LogP contribution in [0.3, 0.4) is 0 Å². The number of rotatable bonds is 3. The fourth-order valence-electron chi connectivity index (χ4n) is 2.26. The maximum atomic E-state index is 10.3. The average Bonchev–Trinajstić information content (AvgIpc) is 2.87. The van der Waals surface area contributed by atoms with E-state index in [-0.39, 0.29) is 0 Å². The molecule has 1 atom stereocenters. The second kappa shape index (κ2) is 5.31. The van der Waals surface area contributed by atoms with E-state index in [0.717, 1.165) is 10.9 Å². The Hall–Kier alpha value is -1.77. The fraction of sp³-hybridized carbons (Fsp3) is 0.176. The molecule has 0 aliphatic rings. The third-order valence-corrected chi connectivity index (χ3v) is 3.69. The van der Waals surface area contributed by atoms with Gasteiger partial charge in [0, 0.05) is 11.8 Å². The molecule has 0 saturated heterocycles. The number of hydrogen-bond acceptors (Lipinski definition) is 2. The van der Waals surface area contributed by atoms with Crippen LogP contribution >= 0.6 is 11.6 Å². The van der Waals surface area contributed by atoms with Gasteiger partial charge in [0.1, 0.15) is 11.9 Å². The van der Waals surface area contributed by atoms with Crippen molar-refractivity contribution in [3.63, 3.8) is 0 Å². The Morgan fingerprint density at radius 1 is 1.15 bits per heavy atom. The van der Waals surface area contributed by atoms with Gasteiger partial charge >= 0.3 is 0 Å². The molecule has 1 unspecified atom stereocenters. The van der Waals surface area contributed by atoms with E-state index in [1.807, 2.05) is 49.4 Å². The van der Waals surface area contributed by atoms with Crippen LogP contribution in [0, 0.1) is 6.92 Å². The first-order chi connectivity index (χ1) is 9.63. The molecule has 0 bridgehead atoms. The van der Waals surface area contributed by atoms with Crippen LogP contribution in [-0.4, -0.2) is 5.11 Å². The summed E-state index contributed by atoms with van der Waals surface area (Å²) >= 11 is 6.08. The Morgan fingerprint density at radius 2 is 1.90 bits per heavy atom.